The number of hydrogen-bond donors (Lipinski definition) is 3. The number of Topliss-reactive ketones (excluding diaryl/α,β-unsaturated/α-hetero) is 1. The van der Waals surface area contributed by atoms with Crippen LogP contribution in [0.1, 0.15) is 6.42 Å². The predicted molar refractivity (Wildman–Crippen MR) is 45.2 cm³/mol. The zero-order chi connectivity index (χ0) is 10.2. The van der Waals surface area contributed by atoms with Crippen molar-refractivity contribution in [2.45, 2.75) is 18.6 Å². The van der Waals surface area contributed by atoms with Gasteiger partial charge in [0, 0.05) is 6.42 Å². The van der Waals surface area contributed by atoms with Gasteiger partial charge in [-0.25, -0.2) is 4.79 Å². The highest BCUT2D eigenvalue weighted by Gasteiger charge is 2.36. The third-order valence-corrected chi connectivity index (χ3v) is 2.66. The Hall–Kier alpha value is -0.720. The van der Waals surface area contributed by atoms with Gasteiger partial charge in [0.1, 0.15) is 6.10 Å². The molecule has 0 heterocycles. The SMILES string of the molecule is O=C(O)C1=C(Br)C(=O)[C@@H](O)[C@H](O)C1. The summed E-state index contributed by atoms with van der Waals surface area (Å²) in [6, 6.07) is 0. The second-order valence-electron chi connectivity index (χ2n) is 2.68. The average molecular weight is 251 g/mol. The molecule has 0 aromatic heterocycles. The number of hydrogen-bond acceptors (Lipinski definition) is 4. The zero-order valence-corrected chi connectivity index (χ0v) is 7.98. The Bertz CT molecular complexity index is 295. The summed E-state index contributed by atoms with van der Waals surface area (Å²) >= 11 is 2.77. The van der Waals surface area contributed by atoms with E-state index in [9.17, 15) is 9.59 Å². The first-order valence-corrected chi connectivity index (χ1v) is 4.26. The first-order chi connectivity index (χ1) is 5.95. The molecule has 6 heteroatoms. The summed E-state index contributed by atoms with van der Waals surface area (Å²) in [6.45, 7) is 0. The van der Waals surface area contributed by atoms with Crippen molar-refractivity contribution in [2.75, 3.05) is 0 Å². The largest absolute Gasteiger partial charge is 0.478 e. The molecular weight excluding hydrogens is 244 g/mol. The normalized spacial score (nSPS) is 29.3. The summed E-state index contributed by atoms with van der Waals surface area (Å²) < 4.78 is -0.169. The van der Waals surface area contributed by atoms with Crippen LogP contribution in [0.4, 0.5) is 0 Å². The number of aliphatic hydroxyl groups is 2. The first-order valence-electron chi connectivity index (χ1n) is 3.47. The van der Waals surface area contributed by atoms with Gasteiger partial charge in [-0.1, -0.05) is 0 Å². The van der Waals surface area contributed by atoms with Gasteiger partial charge < -0.3 is 15.3 Å². The fourth-order valence-corrected chi connectivity index (χ4v) is 1.61. The summed E-state index contributed by atoms with van der Waals surface area (Å²) in [4.78, 5) is 21.6. The number of aliphatic carboxylic acids is 1. The van der Waals surface area contributed by atoms with Gasteiger partial charge in [0.05, 0.1) is 16.2 Å². The number of aliphatic hydroxyl groups excluding tert-OH is 2. The Morgan fingerprint density at radius 3 is 2.46 bits per heavy atom. The van der Waals surface area contributed by atoms with E-state index in [0.29, 0.717) is 0 Å². The van der Waals surface area contributed by atoms with Gasteiger partial charge in [-0.05, 0) is 15.9 Å². The number of carboxylic acids is 1. The molecule has 72 valence electrons. The molecule has 1 rings (SSSR count). The lowest BCUT2D eigenvalue weighted by atomic mass is 9.93. The first kappa shape index (κ1) is 10.4. The Morgan fingerprint density at radius 2 is 2.00 bits per heavy atom. The van der Waals surface area contributed by atoms with Crippen molar-refractivity contribution >= 4 is 27.7 Å². The van der Waals surface area contributed by atoms with E-state index >= 15 is 0 Å². The average Bonchev–Trinajstić information content (AvgIpc) is 2.07. The molecule has 1 aliphatic rings. The minimum atomic E-state index is -1.53. The van der Waals surface area contributed by atoms with Crippen molar-refractivity contribution in [3.05, 3.63) is 10.1 Å². The fourth-order valence-electron chi connectivity index (χ4n) is 1.04. The molecule has 0 saturated heterocycles. The number of carbonyl (C=O) groups excluding carboxylic acids is 1. The van der Waals surface area contributed by atoms with E-state index in [1.165, 1.54) is 0 Å². The molecule has 0 spiro atoms. The van der Waals surface area contributed by atoms with Gasteiger partial charge in [0.25, 0.3) is 0 Å². The molecule has 0 aromatic rings. The smallest absolute Gasteiger partial charge is 0.332 e. The van der Waals surface area contributed by atoms with Gasteiger partial charge in [0.15, 0.2) is 0 Å². The van der Waals surface area contributed by atoms with Crippen molar-refractivity contribution in [2.24, 2.45) is 0 Å². The van der Waals surface area contributed by atoms with Crippen LogP contribution in [0.3, 0.4) is 0 Å². The van der Waals surface area contributed by atoms with Crippen LogP contribution in [0, 0.1) is 0 Å². The number of rotatable bonds is 1. The van der Waals surface area contributed by atoms with E-state index in [4.69, 9.17) is 15.3 Å². The second kappa shape index (κ2) is 3.57. The molecular formula is C7H7BrO5. The van der Waals surface area contributed by atoms with Crippen LogP contribution < -0.4 is 0 Å². The van der Waals surface area contributed by atoms with Gasteiger partial charge in [-0.2, -0.15) is 0 Å². The van der Waals surface area contributed by atoms with Crippen LogP contribution in [-0.2, 0) is 9.59 Å². The topological polar surface area (TPSA) is 94.8 Å². The van der Waals surface area contributed by atoms with E-state index in [1.54, 1.807) is 0 Å². The summed E-state index contributed by atoms with van der Waals surface area (Å²) in [5.74, 6) is -2.07. The lowest BCUT2D eigenvalue weighted by Gasteiger charge is -2.22. The maximum absolute atomic E-state index is 11.1. The molecule has 3 N–H and O–H groups in total. The molecule has 2 atom stereocenters. The van der Waals surface area contributed by atoms with Gasteiger partial charge in [0.2, 0.25) is 5.78 Å². The fraction of sp³-hybridized carbons (Fsp3) is 0.429. The van der Waals surface area contributed by atoms with Crippen molar-refractivity contribution in [1.82, 2.24) is 0 Å². The molecule has 1 aliphatic carbocycles. The van der Waals surface area contributed by atoms with Crippen LogP contribution in [0.2, 0.25) is 0 Å². The molecule has 13 heavy (non-hydrogen) atoms. The van der Waals surface area contributed by atoms with E-state index in [2.05, 4.69) is 15.9 Å². The van der Waals surface area contributed by atoms with Gasteiger partial charge in [-0.15, -0.1) is 0 Å². The Labute approximate surface area is 81.8 Å². The predicted octanol–water partition coefficient (Wildman–Crippen LogP) is -0.585. The molecule has 0 fully saturated rings. The van der Waals surface area contributed by atoms with E-state index < -0.39 is 24.0 Å². The molecule has 5 nitrogen and oxygen atoms in total. The number of ketones is 1. The van der Waals surface area contributed by atoms with Crippen molar-refractivity contribution < 1.29 is 24.9 Å². The summed E-state index contributed by atoms with van der Waals surface area (Å²) in [6.07, 6.45) is -3.10. The van der Waals surface area contributed by atoms with Gasteiger partial charge >= 0.3 is 5.97 Å². The summed E-state index contributed by atoms with van der Waals surface area (Å²) in [5, 5.41) is 26.8. The Kier molecular flexibility index (Phi) is 2.84. The quantitative estimate of drug-likeness (QED) is 0.579. The highest BCUT2D eigenvalue weighted by atomic mass is 79.9. The second-order valence-corrected chi connectivity index (χ2v) is 3.47. The molecule has 0 radical (unpaired) electrons. The zero-order valence-electron chi connectivity index (χ0n) is 6.40. The van der Waals surface area contributed by atoms with E-state index in [1.807, 2.05) is 0 Å². The molecule has 0 aliphatic heterocycles. The van der Waals surface area contributed by atoms with Crippen molar-refractivity contribution in [1.29, 1.82) is 0 Å². The lowest BCUT2D eigenvalue weighted by molar-refractivity contribution is -0.136. The third kappa shape index (κ3) is 1.79. The molecule has 0 aromatic carbocycles. The number of carboxylic acid groups (broad SMARTS) is 1. The summed E-state index contributed by atoms with van der Waals surface area (Å²) in [5.41, 5.74) is -0.206. The molecule has 0 amide bonds. The number of halogens is 1. The molecule has 0 unspecified atom stereocenters. The lowest BCUT2D eigenvalue weighted by Crippen LogP contribution is -2.39. The van der Waals surface area contributed by atoms with Gasteiger partial charge in [-0.3, -0.25) is 4.79 Å². The van der Waals surface area contributed by atoms with E-state index in [-0.39, 0.29) is 16.5 Å². The number of carbonyl (C=O) groups is 2. The van der Waals surface area contributed by atoms with Crippen molar-refractivity contribution in [3.63, 3.8) is 0 Å². The minimum absolute atomic E-state index is 0.169. The molecule has 0 bridgehead atoms. The highest BCUT2D eigenvalue weighted by Crippen LogP contribution is 2.26. The van der Waals surface area contributed by atoms with Crippen molar-refractivity contribution in [3.8, 4) is 0 Å². The molecule has 0 saturated carbocycles. The monoisotopic (exact) mass is 250 g/mol. The van der Waals surface area contributed by atoms with Crippen LogP contribution >= 0.6 is 15.9 Å². The van der Waals surface area contributed by atoms with Crippen LogP contribution in [0.5, 0.6) is 0 Å². The van der Waals surface area contributed by atoms with Crippen LogP contribution in [0.15, 0.2) is 10.1 Å². The third-order valence-electron chi connectivity index (χ3n) is 1.79. The maximum Gasteiger partial charge on any atom is 0.332 e. The maximum atomic E-state index is 11.1. The Balaban J connectivity index is 3.09. The standard InChI is InChI=1S/C7H7BrO5/c8-4-2(7(12)13)1-3(9)5(10)6(4)11/h3,5,9-10H,1H2,(H,12,13)/t3-,5+/m1/s1. The summed E-state index contributed by atoms with van der Waals surface area (Å²) in [7, 11) is 0. The van der Waals surface area contributed by atoms with Crippen LogP contribution in [0.25, 0.3) is 0 Å². The minimum Gasteiger partial charge on any atom is -0.478 e. The highest BCUT2D eigenvalue weighted by molar-refractivity contribution is 9.12. The Morgan fingerprint density at radius 1 is 1.46 bits per heavy atom. The van der Waals surface area contributed by atoms with Crippen LogP contribution in [-0.4, -0.2) is 39.3 Å². The van der Waals surface area contributed by atoms with E-state index in [0.717, 1.165) is 0 Å².